The van der Waals surface area contributed by atoms with Gasteiger partial charge in [-0.05, 0) is 41.5 Å². The van der Waals surface area contributed by atoms with Crippen molar-refractivity contribution in [2.75, 3.05) is 54.2 Å². The summed E-state index contributed by atoms with van der Waals surface area (Å²) in [6, 6.07) is 9.86. The SMILES string of the molecule is COc1cc(/C=C/C(=O)NCC(c2cccc(F)c2)N2CCOCC2)cc(OC)c1OC. The molecule has 8 heteroatoms. The zero-order chi connectivity index (χ0) is 22.9. The topological polar surface area (TPSA) is 69.3 Å². The number of nitrogens with one attached hydrogen (secondary N) is 1. The van der Waals surface area contributed by atoms with Crippen LogP contribution in [0.3, 0.4) is 0 Å². The van der Waals surface area contributed by atoms with Gasteiger partial charge in [0.05, 0.1) is 40.6 Å². The van der Waals surface area contributed by atoms with E-state index in [2.05, 4.69) is 10.2 Å². The summed E-state index contributed by atoms with van der Waals surface area (Å²) in [5, 5.41) is 2.93. The van der Waals surface area contributed by atoms with Gasteiger partial charge in [0.1, 0.15) is 5.82 Å². The maximum Gasteiger partial charge on any atom is 0.244 e. The quantitative estimate of drug-likeness (QED) is 0.600. The molecule has 1 N–H and O–H groups in total. The summed E-state index contributed by atoms with van der Waals surface area (Å²) in [7, 11) is 4.61. The van der Waals surface area contributed by atoms with Gasteiger partial charge in [-0.15, -0.1) is 0 Å². The van der Waals surface area contributed by atoms with Crippen LogP contribution in [-0.4, -0.2) is 65.0 Å². The highest BCUT2D eigenvalue weighted by atomic mass is 19.1. The monoisotopic (exact) mass is 444 g/mol. The highest BCUT2D eigenvalue weighted by molar-refractivity contribution is 5.92. The molecule has 0 radical (unpaired) electrons. The molecule has 1 aliphatic heterocycles. The molecule has 2 aromatic carbocycles. The van der Waals surface area contributed by atoms with Crippen molar-refractivity contribution in [1.29, 1.82) is 0 Å². The summed E-state index contributed by atoms with van der Waals surface area (Å²) < 4.78 is 35.3. The van der Waals surface area contributed by atoms with Gasteiger partial charge < -0.3 is 24.3 Å². The Balaban J connectivity index is 1.70. The summed E-state index contributed by atoms with van der Waals surface area (Å²) >= 11 is 0. The molecule has 0 aromatic heterocycles. The van der Waals surface area contributed by atoms with Crippen molar-refractivity contribution in [3.63, 3.8) is 0 Å². The Morgan fingerprint density at radius 1 is 1.12 bits per heavy atom. The Morgan fingerprint density at radius 3 is 2.41 bits per heavy atom. The first-order chi connectivity index (χ1) is 15.5. The van der Waals surface area contributed by atoms with E-state index in [1.807, 2.05) is 6.07 Å². The van der Waals surface area contributed by atoms with Gasteiger partial charge in [0.2, 0.25) is 11.7 Å². The zero-order valence-corrected chi connectivity index (χ0v) is 18.6. The maximum absolute atomic E-state index is 13.8. The van der Waals surface area contributed by atoms with Gasteiger partial charge in [0.15, 0.2) is 11.5 Å². The van der Waals surface area contributed by atoms with Crippen LogP contribution in [0.25, 0.3) is 6.08 Å². The molecule has 0 saturated carbocycles. The number of amides is 1. The Hall–Kier alpha value is -3.10. The van der Waals surface area contributed by atoms with E-state index < -0.39 is 0 Å². The van der Waals surface area contributed by atoms with E-state index in [-0.39, 0.29) is 17.8 Å². The molecule has 1 heterocycles. The number of rotatable bonds is 9. The first-order valence-corrected chi connectivity index (χ1v) is 10.4. The Morgan fingerprint density at radius 2 is 1.81 bits per heavy atom. The van der Waals surface area contributed by atoms with Crippen molar-refractivity contribution in [3.05, 3.63) is 59.4 Å². The first kappa shape index (κ1) is 23.6. The number of methoxy groups -OCH3 is 3. The van der Waals surface area contributed by atoms with Crippen LogP contribution in [0.2, 0.25) is 0 Å². The molecule has 0 spiro atoms. The van der Waals surface area contributed by atoms with E-state index in [9.17, 15) is 9.18 Å². The second kappa shape index (κ2) is 11.5. The van der Waals surface area contributed by atoms with Gasteiger partial charge >= 0.3 is 0 Å². The minimum Gasteiger partial charge on any atom is -0.493 e. The molecule has 1 atom stereocenters. The molecular weight excluding hydrogens is 415 g/mol. The molecule has 7 nitrogen and oxygen atoms in total. The van der Waals surface area contributed by atoms with Gasteiger partial charge in [0, 0.05) is 25.7 Å². The number of carbonyl (C=O) groups is 1. The molecule has 2 aromatic rings. The Kier molecular flexibility index (Phi) is 8.47. The summed E-state index contributed by atoms with van der Waals surface area (Å²) in [6.45, 7) is 3.01. The second-order valence-electron chi connectivity index (χ2n) is 7.26. The molecule has 3 rings (SSSR count). The number of hydrogen-bond donors (Lipinski definition) is 1. The van der Waals surface area contributed by atoms with Crippen LogP contribution in [0.1, 0.15) is 17.2 Å². The molecule has 1 fully saturated rings. The van der Waals surface area contributed by atoms with Crippen LogP contribution < -0.4 is 19.5 Å². The third-order valence-electron chi connectivity index (χ3n) is 5.30. The molecule has 0 aliphatic carbocycles. The van der Waals surface area contributed by atoms with Crippen LogP contribution in [0, 0.1) is 5.82 Å². The van der Waals surface area contributed by atoms with Crippen molar-refractivity contribution in [1.82, 2.24) is 10.2 Å². The van der Waals surface area contributed by atoms with Crippen molar-refractivity contribution in [3.8, 4) is 17.2 Å². The van der Waals surface area contributed by atoms with Gasteiger partial charge in [-0.25, -0.2) is 4.39 Å². The highest BCUT2D eigenvalue weighted by Crippen LogP contribution is 2.38. The fraction of sp³-hybridized carbons (Fsp3) is 0.375. The number of carbonyl (C=O) groups excluding carboxylic acids is 1. The number of benzene rings is 2. The number of halogens is 1. The van der Waals surface area contributed by atoms with E-state index in [0.717, 1.165) is 24.2 Å². The highest BCUT2D eigenvalue weighted by Gasteiger charge is 2.23. The largest absolute Gasteiger partial charge is 0.493 e. The minimum atomic E-state index is -0.297. The van der Waals surface area contributed by atoms with Crippen molar-refractivity contribution in [2.45, 2.75) is 6.04 Å². The predicted octanol–water partition coefficient (Wildman–Crippen LogP) is 3.05. The van der Waals surface area contributed by atoms with E-state index >= 15 is 0 Å². The van der Waals surface area contributed by atoms with E-state index in [4.69, 9.17) is 18.9 Å². The zero-order valence-electron chi connectivity index (χ0n) is 18.6. The van der Waals surface area contributed by atoms with Crippen LogP contribution >= 0.6 is 0 Å². The molecule has 32 heavy (non-hydrogen) atoms. The van der Waals surface area contributed by atoms with Crippen LogP contribution in [-0.2, 0) is 9.53 Å². The molecular formula is C24H29FN2O5. The summed E-state index contributed by atoms with van der Waals surface area (Å²) in [5.41, 5.74) is 1.55. The van der Waals surface area contributed by atoms with Crippen LogP contribution in [0.4, 0.5) is 4.39 Å². The molecule has 172 valence electrons. The number of nitrogens with zero attached hydrogens (tertiary/aromatic N) is 1. The van der Waals surface area contributed by atoms with Gasteiger partial charge in [-0.3, -0.25) is 9.69 Å². The van der Waals surface area contributed by atoms with Gasteiger partial charge in [0.25, 0.3) is 0 Å². The third-order valence-corrected chi connectivity index (χ3v) is 5.30. The van der Waals surface area contributed by atoms with Gasteiger partial charge in [-0.2, -0.15) is 0 Å². The summed E-state index contributed by atoms with van der Waals surface area (Å²) in [4.78, 5) is 14.7. The lowest BCUT2D eigenvalue weighted by molar-refractivity contribution is -0.116. The van der Waals surface area contributed by atoms with E-state index in [1.165, 1.54) is 39.5 Å². The summed E-state index contributed by atoms with van der Waals surface area (Å²) in [5.74, 6) is 0.943. The number of hydrogen-bond acceptors (Lipinski definition) is 6. The van der Waals surface area contributed by atoms with Crippen LogP contribution in [0.15, 0.2) is 42.5 Å². The first-order valence-electron chi connectivity index (χ1n) is 10.4. The molecule has 1 unspecified atom stereocenters. The second-order valence-corrected chi connectivity index (χ2v) is 7.26. The molecule has 0 bridgehead atoms. The maximum atomic E-state index is 13.8. The third kappa shape index (κ3) is 5.99. The average Bonchev–Trinajstić information content (AvgIpc) is 2.82. The lowest BCUT2D eigenvalue weighted by Crippen LogP contribution is -2.43. The van der Waals surface area contributed by atoms with Crippen molar-refractivity contribution >= 4 is 12.0 Å². The fourth-order valence-corrected chi connectivity index (χ4v) is 3.69. The predicted molar refractivity (Wildman–Crippen MR) is 120 cm³/mol. The Labute approximate surface area is 187 Å². The van der Waals surface area contributed by atoms with E-state index in [0.29, 0.717) is 37.0 Å². The standard InChI is InChI=1S/C24H29FN2O5/c1-29-21-13-17(14-22(30-2)24(21)31-3)7-8-23(28)26-16-20(27-9-11-32-12-10-27)18-5-4-6-19(25)15-18/h4-8,13-15,20H,9-12,16H2,1-3H3,(H,26,28)/b8-7+. The molecule has 1 amide bonds. The number of ether oxygens (including phenoxy) is 4. The van der Waals surface area contributed by atoms with Gasteiger partial charge in [-0.1, -0.05) is 12.1 Å². The fourth-order valence-electron chi connectivity index (χ4n) is 3.69. The average molecular weight is 445 g/mol. The summed E-state index contributed by atoms with van der Waals surface area (Å²) in [6.07, 6.45) is 3.12. The Bertz CT molecular complexity index is 919. The van der Waals surface area contributed by atoms with Crippen molar-refractivity contribution < 1.29 is 28.1 Å². The lowest BCUT2D eigenvalue weighted by atomic mass is 10.0. The van der Waals surface area contributed by atoms with Crippen molar-refractivity contribution in [2.24, 2.45) is 0 Å². The normalized spacial score (nSPS) is 15.4. The molecule has 1 aliphatic rings. The smallest absolute Gasteiger partial charge is 0.244 e. The van der Waals surface area contributed by atoms with E-state index in [1.54, 1.807) is 24.3 Å². The van der Waals surface area contributed by atoms with Crippen LogP contribution in [0.5, 0.6) is 17.2 Å². The number of morpholine rings is 1. The molecule has 1 saturated heterocycles. The minimum absolute atomic E-state index is 0.145. The lowest BCUT2D eigenvalue weighted by Gasteiger charge is -2.34.